The maximum Gasteiger partial charge on any atom is 0.150 e. The van der Waals surface area contributed by atoms with E-state index in [4.69, 9.17) is 4.74 Å². The summed E-state index contributed by atoms with van der Waals surface area (Å²) in [5.41, 5.74) is 4.18. The Morgan fingerprint density at radius 3 is 2.63 bits per heavy atom. The van der Waals surface area contributed by atoms with Crippen molar-refractivity contribution >= 4 is 0 Å². The van der Waals surface area contributed by atoms with E-state index in [1.165, 1.54) is 16.7 Å². The van der Waals surface area contributed by atoms with Crippen molar-refractivity contribution in [3.8, 4) is 0 Å². The van der Waals surface area contributed by atoms with Crippen LogP contribution in [0.5, 0.6) is 0 Å². The van der Waals surface area contributed by atoms with Crippen LogP contribution in [0.1, 0.15) is 34.4 Å². The van der Waals surface area contributed by atoms with Crippen molar-refractivity contribution in [3.05, 3.63) is 82.9 Å². The minimum atomic E-state index is 0.236. The number of nitrogens with zero attached hydrogens (tertiary/aromatic N) is 4. The molecule has 0 saturated heterocycles. The summed E-state index contributed by atoms with van der Waals surface area (Å²) in [6.45, 7) is 4.17. The van der Waals surface area contributed by atoms with E-state index < -0.39 is 0 Å². The third-order valence-electron chi connectivity index (χ3n) is 5.66. The molecule has 0 spiro atoms. The van der Waals surface area contributed by atoms with Crippen LogP contribution in [0, 0.1) is 0 Å². The number of rotatable bonds is 3. The predicted octanol–water partition coefficient (Wildman–Crippen LogP) is 3.15. The molecule has 5 nitrogen and oxygen atoms in total. The molecule has 0 bridgehead atoms. The lowest BCUT2D eigenvalue weighted by molar-refractivity contribution is 0.132. The van der Waals surface area contributed by atoms with Gasteiger partial charge in [0.05, 0.1) is 19.3 Å². The molecule has 0 fully saturated rings. The first-order chi connectivity index (χ1) is 13.4. The van der Waals surface area contributed by atoms with E-state index in [2.05, 4.69) is 74.3 Å². The molecule has 2 aromatic carbocycles. The minimum Gasteiger partial charge on any atom is -0.379 e. The Morgan fingerprint density at radius 1 is 0.926 bits per heavy atom. The van der Waals surface area contributed by atoms with Gasteiger partial charge < -0.3 is 9.30 Å². The molecule has 2 aliphatic heterocycles. The molecule has 0 N–H and O–H groups in total. The standard InChI is InChI=1S/C22H24N4O/c1-2-6-17(7-3-1)15-25-16-19-9-5-4-8-18(19)14-20(25)22-24-23-21-10-12-27-13-11-26(21)22/h1-9,20H,10-16H2. The van der Waals surface area contributed by atoms with Gasteiger partial charge in [0.1, 0.15) is 5.82 Å². The molecule has 1 unspecified atom stereocenters. The van der Waals surface area contributed by atoms with Crippen LogP contribution in [-0.2, 0) is 37.2 Å². The molecule has 5 heteroatoms. The summed E-state index contributed by atoms with van der Waals surface area (Å²) >= 11 is 0. The quantitative estimate of drug-likeness (QED) is 0.720. The fourth-order valence-electron chi connectivity index (χ4n) is 4.26. The van der Waals surface area contributed by atoms with Crippen LogP contribution < -0.4 is 0 Å². The van der Waals surface area contributed by atoms with Gasteiger partial charge in [-0.25, -0.2) is 0 Å². The Bertz CT molecular complexity index is 921. The first kappa shape index (κ1) is 16.7. The van der Waals surface area contributed by atoms with E-state index in [9.17, 15) is 0 Å². The molecule has 1 aromatic heterocycles. The molecule has 3 aromatic rings. The van der Waals surface area contributed by atoms with Gasteiger partial charge in [0.2, 0.25) is 0 Å². The van der Waals surface area contributed by atoms with Crippen LogP contribution in [0.4, 0.5) is 0 Å². The van der Waals surface area contributed by atoms with E-state index in [-0.39, 0.29) is 6.04 Å². The van der Waals surface area contributed by atoms with E-state index in [0.717, 1.165) is 57.3 Å². The largest absolute Gasteiger partial charge is 0.379 e. The lowest BCUT2D eigenvalue weighted by Crippen LogP contribution is -2.35. The van der Waals surface area contributed by atoms with Crippen LogP contribution in [0.2, 0.25) is 0 Å². The highest BCUT2D eigenvalue weighted by Crippen LogP contribution is 2.34. The second-order valence-corrected chi connectivity index (χ2v) is 7.37. The van der Waals surface area contributed by atoms with E-state index in [0.29, 0.717) is 0 Å². The smallest absolute Gasteiger partial charge is 0.150 e. The van der Waals surface area contributed by atoms with Crippen molar-refractivity contribution in [2.45, 2.75) is 38.5 Å². The SMILES string of the molecule is c1ccc(CN2Cc3ccccc3CC2c2nnc3n2CCOCC3)cc1. The second kappa shape index (κ2) is 7.25. The number of fused-ring (bicyclic) bond motifs is 2. The van der Waals surface area contributed by atoms with Gasteiger partial charge in [-0.05, 0) is 23.1 Å². The van der Waals surface area contributed by atoms with Crippen LogP contribution in [0.15, 0.2) is 54.6 Å². The average molecular weight is 360 g/mol. The number of hydrogen-bond donors (Lipinski definition) is 0. The molecule has 2 aliphatic rings. The summed E-state index contributed by atoms with van der Waals surface area (Å²) in [4.78, 5) is 2.54. The van der Waals surface area contributed by atoms with Gasteiger partial charge in [-0.1, -0.05) is 54.6 Å². The summed E-state index contributed by atoms with van der Waals surface area (Å²) < 4.78 is 7.95. The fourth-order valence-corrected chi connectivity index (χ4v) is 4.26. The van der Waals surface area contributed by atoms with Crippen molar-refractivity contribution in [2.75, 3.05) is 13.2 Å². The van der Waals surface area contributed by atoms with Crippen molar-refractivity contribution in [3.63, 3.8) is 0 Å². The molecule has 0 radical (unpaired) electrons. The molecule has 1 atom stereocenters. The average Bonchev–Trinajstić information content (AvgIpc) is 2.96. The Hall–Kier alpha value is -2.50. The highest BCUT2D eigenvalue weighted by atomic mass is 16.5. The topological polar surface area (TPSA) is 43.2 Å². The first-order valence-electron chi connectivity index (χ1n) is 9.73. The van der Waals surface area contributed by atoms with Gasteiger partial charge in [0, 0.05) is 26.1 Å². The zero-order chi connectivity index (χ0) is 18.1. The summed E-state index contributed by atoms with van der Waals surface area (Å²) in [6, 6.07) is 19.7. The maximum atomic E-state index is 5.65. The van der Waals surface area contributed by atoms with Crippen molar-refractivity contribution < 1.29 is 4.74 Å². The van der Waals surface area contributed by atoms with Crippen LogP contribution in [0.3, 0.4) is 0 Å². The van der Waals surface area contributed by atoms with Gasteiger partial charge in [-0.2, -0.15) is 0 Å². The molecule has 0 saturated carbocycles. The van der Waals surface area contributed by atoms with E-state index in [1.807, 2.05) is 0 Å². The first-order valence-corrected chi connectivity index (χ1v) is 9.73. The molecule has 0 aliphatic carbocycles. The molecular weight excluding hydrogens is 336 g/mol. The van der Waals surface area contributed by atoms with Gasteiger partial charge in [0.15, 0.2) is 5.82 Å². The van der Waals surface area contributed by atoms with Gasteiger partial charge >= 0.3 is 0 Å². The molecule has 138 valence electrons. The zero-order valence-electron chi connectivity index (χ0n) is 15.4. The molecule has 5 rings (SSSR count). The van der Waals surface area contributed by atoms with E-state index in [1.54, 1.807) is 0 Å². The van der Waals surface area contributed by atoms with Crippen LogP contribution in [0.25, 0.3) is 0 Å². The number of aromatic nitrogens is 3. The fraction of sp³-hybridized carbons (Fsp3) is 0.364. The Balaban J connectivity index is 1.52. The monoisotopic (exact) mass is 360 g/mol. The van der Waals surface area contributed by atoms with Crippen LogP contribution >= 0.6 is 0 Å². The summed E-state index contributed by atoms with van der Waals surface area (Å²) in [6.07, 6.45) is 1.82. The summed E-state index contributed by atoms with van der Waals surface area (Å²) in [7, 11) is 0. The lowest BCUT2D eigenvalue weighted by Gasteiger charge is -2.36. The molecule has 0 amide bonds. The summed E-state index contributed by atoms with van der Waals surface area (Å²) in [5.74, 6) is 2.14. The van der Waals surface area contributed by atoms with Crippen molar-refractivity contribution in [2.24, 2.45) is 0 Å². The van der Waals surface area contributed by atoms with Gasteiger partial charge in [0.25, 0.3) is 0 Å². The van der Waals surface area contributed by atoms with E-state index >= 15 is 0 Å². The number of benzene rings is 2. The van der Waals surface area contributed by atoms with Crippen molar-refractivity contribution in [1.82, 2.24) is 19.7 Å². The van der Waals surface area contributed by atoms with Crippen LogP contribution in [-0.4, -0.2) is 32.9 Å². The number of ether oxygens (including phenoxy) is 1. The molecule has 27 heavy (non-hydrogen) atoms. The highest BCUT2D eigenvalue weighted by molar-refractivity contribution is 5.31. The summed E-state index contributed by atoms with van der Waals surface area (Å²) in [5, 5.41) is 9.14. The Morgan fingerprint density at radius 2 is 1.74 bits per heavy atom. The highest BCUT2D eigenvalue weighted by Gasteiger charge is 2.32. The normalized spacial score (nSPS) is 19.9. The lowest BCUT2D eigenvalue weighted by atomic mass is 9.93. The maximum absolute atomic E-state index is 5.65. The zero-order valence-corrected chi connectivity index (χ0v) is 15.4. The predicted molar refractivity (Wildman–Crippen MR) is 103 cm³/mol. The van der Waals surface area contributed by atoms with Gasteiger partial charge in [-0.3, -0.25) is 4.90 Å². The Kier molecular flexibility index (Phi) is 4.47. The third-order valence-corrected chi connectivity index (χ3v) is 5.66. The molecule has 3 heterocycles. The Labute approximate surface area is 159 Å². The third kappa shape index (κ3) is 3.29. The number of hydrogen-bond acceptors (Lipinski definition) is 4. The second-order valence-electron chi connectivity index (χ2n) is 7.37. The molecular formula is C22H24N4O. The van der Waals surface area contributed by atoms with Crippen molar-refractivity contribution in [1.29, 1.82) is 0 Å². The van der Waals surface area contributed by atoms with Gasteiger partial charge in [-0.15, -0.1) is 10.2 Å². The minimum absolute atomic E-state index is 0.236.